The maximum Gasteiger partial charge on any atom is 0.415 e. The van der Waals surface area contributed by atoms with Crippen molar-refractivity contribution in [3.05, 3.63) is 41.6 Å². The number of aliphatic hydroxyl groups is 1. The van der Waals surface area contributed by atoms with Gasteiger partial charge in [-0.3, -0.25) is 9.48 Å². The molecule has 0 spiro atoms. The summed E-state index contributed by atoms with van der Waals surface area (Å²) in [5.74, 6) is 0.424. The van der Waals surface area contributed by atoms with Gasteiger partial charge in [-0.2, -0.15) is 18.3 Å². The molecule has 7 nitrogen and oxygen atoms in total. The summed E-state index contributed by atoms with van der Waals surface area (Å²) >= 11 is 0. The van der Waals surface area contributed by atoms with E-state index in [0.29, 0.717) is 22.6 Å². The molecule has 0 aliphatic heterocycles. The Morgan fingerprint density at radius 1 is 1.18 bits per heavy atom. The van der Waals surface area contributed by atoms with E-state index in [1.807, 2.05) is 4.68 Å². The molecule has 33 heavy (non-hydrogen) atoms. The van der Waals surface area contributed by atoms with E-state index in [2.05, 4.69) is 22.7 Å². The zero-order valence-electron chi connectivity index (χ0n) is 19.1. The van der Waals surface area contributed by atoms with Gasteiger partial charge in [-0.05, 0) is 37.6 Å². The van der Waals surface area contributed by atoms with Crippen LogP contribution < -0.4 is 11.1 Å². The second-order valence-electron chi connectivity index (χ2n) is 8.19. The van der Waals surface area contributed by atoms with E-state index in [1.54, 1.807) is 18.3 Å². The van der Waals surface area contributed by atoms with Crippen LogP contribution in [0.4, 0.5) is 24.7 Å². The molecule has 0 radical (unpaired) electrons. The fraction of sp³-hybridized carbons (Fsp3) is 0.522. The number of halogens is 3. The Hall–Kier alpha value is -2.90. The summed E-state index contributed by atoms with van der Waals surface area (Å²) in [4.78, 5) is 11.4. The quantitative estimate of drug-likeness (QED) is 0.523. The standard InChI is InChI=1S/C21H26F3N3O2.CH5N.CHN/c1-20(2,19(29)21(22,23)24)15-8-10-16(11-9-15)25-18-14(13-28)12-27(26-18)17-6-4-3-5-7-17;2*1-2/h8-13,17,19,29H,3-7H2,1-2H3,(H,25,26);2H2,1H3;1H. The first-order valence-electron chi connectivity index (χ1n) is 10.6. The fourth-order valence-electron chi connectivity index (χ4n) is 3.81. The fourth-order valence-corrected chi connectivity index (χ4v) is 3.81. The molecule has 1 aliphatic rings. The smallest absolute Gasteiger partial charge is 0.383 e. The molecule has 1 atom stereocenters. The van der Waals surface area contributed by atoms with Gasteiger partial charge in [0.25, 0.3) is 0 Å². The van der Waals surface area contributed by atoms with Crippen molar-refractivity contribution in [2.75, 3.05) is 12.4 Å². The Bertz CT molecular complexity index is 886. The predicted octanol–water partition coefficient (Wildman–Crippen LogP) is 4.86. The second kappa shape index (κ2) is 12.4. The summed E-state index contributed by atoms with van der Waals surface area (Å²) in [5.41, 5.74) is 4.40. The Morgan fingerprint density at radius 2 is 1.73 bits per heavy atom. The SMILES string of the molecule is C#N.CC(C)(c1ccc(Nc2nn(C3CCCCC3)cc2C=O)cc1)C(O)C(F)(F)F.CN. The molecule has 0 amide bonds. The van der Waals surface area contributed by atoms with Crippen LogP contribution in [-0.2, 0) is 5.41 Å². The number of aldehydes is 1. The molecule has 1 unspecified atom stereocenters. The lowest BCUT2D eigenvalue weighted by atomic mass is 9.79. The van der Waals surface area contributed by atoms with Gasteiger partial charge in [0.2, 0.25) is 0 Å². The number of anilines is 2. The minimum Gasteiger partial charge on any atom is -0.383 e. The third kappa shape index (κ3) is 7.04. The average molecular weight is 468 g/mol. The maximum atomic E-state index is 12.9. The van der Waals surface area contributed by atoms with Gasteiger partial charge in [0.05, 0.1) is 11.6 Å². The number of rotatable bonds is 6. The predicted molar refractivity (Wildman–Crippen MR) is 121 cm³/mol. The molecule has 4 N–H and O–H groups in total. The van der Waals surface area contributed by atoms with Gasteiger partial charge in [0.1, 0.15) is 0 Å². The molecule has 182 valence electrons. The van der Waals surface area contributed by atoms with Crippen LogP contribution in [0.25, 0.3) is 0 Å². The highest BCUT2D eigenvalue weighted by Gasteiger charge is 2.48. The molecule has 0 saturated heterocycles. The maximum absolute atomic E-state index is 12.9. The lowest BCUT2D eigenvalue weighted by Gasteiger charge is -2.32. The number of carbonyl (C=O) groups excluding carboxylic acids is 1. The molecule has 2 aromatic rings. The van der Waals surface area contributed by atoms with Gasteiger partial charge >= 0.3 is 6.18 Å². The largest absolute Gasteiger partial charge is 0.415 e. The van der Waals surface area contributed by atoms with Crippen molar-refractivity contribution >= 4 is 17.8 Å². The molecule has 1 heterocycles. The zero-order valence-corrected chi connectivity index (χ0v) is 19.1. The lowest BCUT2D eigenvalue weighted by molar-refractivity contribution is -0.221. The summed E-state index contributed by atoms with van der Waals surface area (Å²) in [5, 5.41) is 23.8. The zero-order chi connectivity index (χ0) is 25.2. The summed E-state index contributed by atoms with van der Waals surface area (Å²) in [7, 11) is 1.50. The molecule has 1 saturated carbocycles. The second-order valence-corrected chi connectivity index (χ2v) is 8.19. The van der Waals surface area contributed by atoms with E-state index in [0.717, 1.165) is 32.0 Å². The highest BCUT2D eigenvalue weighted by Crippen LogP contribution is 2.37. The Morgan fingerprint density at radius 3 is 2.21 bits per heavy atom. The molecule has 10 heteroatoms. The van der Waals surface area contributed by atoms with Crippen molar-refractivity contribution in [1.82, 2.24) is 9.78 Å². The molecular weight excluding hydrogens is 435 g/mol. The number of hydrogen-bond acceptors (Lipinski definition) is 6. The minimum atomic E-state index is -4.70. The van der Waals surface area contributed by atoms with E-state index >= 15 is 0 Å². The van der Waals surface area contributed by atoms with E-state index in [1.165, 1.54) is 39.4 Å². The minimum absolute atomic E-state index is 0.282. The first-order valence-corrected chi connectivity index (χ1v) is 10.6. The monoisotopic (exact) mass is 467 g/mol. The number of benzene rings is 1. The molecule has 1 aromatic heterocycles. The number of nitrogens with two attached hydrogens (primary N) is 1. The molecule has 1 fully saturated rings. The van der Waals surface area contributed by atoms with Crippen LogP contribution in [0.2, 0.25) is 0 Å². The number of aliphatic hydroxyl groups excluding tert-OH is 1. The van der Waals surface area contributed by atoms with Gasteiger partial charge in [-0.1, -0.05) is 45.2 Å². The van der Waals surface area contributed by atoms with E-state index in [-0.39, 0.29) is 6.04 Å². The Balaban J connectivity index is 0.00000129. The highest BCUT2D eigenvalue weighted by atomic mass is 19.4. The summed E-state index contributed by atoms with van der Waals surface area (Å²) in [6.45, 7) is 6.20. The number of hydrogen-bond donors (Lipinski definition) is 3. The van der Waals surface area contributed by atoms with Gasteiger partial charge in [-0.25, -0.2) is 5.26 Å². The van der Waals surface area contributed by atoms with Gasteiger partial charge in [0, 0.05) is 23.9 Å². The van der Waals surface area contributed by atoms with Gasteiger partial charge in [0.15, 0.2) is 18.2 Å². The van der Waals surface area contributed by atoms with Crippen LogP contribution in [-0.4, -0.2) is 40.5 Å². The van der Waals surface area contributed by atoms with Crippen molar-refractivity contribution < 1.29 is 23.1 Å². The molecule has 3 rings (SSSR count). The Kier molecular flexibility index (Phi) is 10.5. The van der Waals surface area contributed by atoms with Gasteiger partial charge in [-0.15, -0.1) is 0 Å². The van der Waals surface area contributed by atoms with Crippen LogP contribution in [0.15, 0.2) is 30.5 Å². The molecule has 1 aromatic carbocycles. The van der Waals surface area contributed by atoms with Crippen molar-refractivity contribution in [1.29, 1.82) is 5.26 Å². The Labute approximate surface area is 192 Å². The summed E-state index contributed by atoms with van der Waals surface area (Å²) < 4.78 is 40.6. The van der Waals surface area contributed by atoms with Crippen LogP contribution in [0.3, 0.4) is 0 Å². The number of nitriles is 1. The number of aromatic nitrogens is 2. The normalized spacial score (nSPS) is 15.3. The number of alkyl halides is 3. The molecular formula is C23H32F3N5O2. The topological polar surface area (TPSA) is 117 Å². The van der Waals surface area contributed by atoms with Crippen LogP contribution in [0, 0.1) is 11.8 Å². The average Bonchev–Trinajstić information content (AvgIpc) is 3.24. The first kappa shape index (κ1) is 28.1. The van der Waals surface area contributed by atoms with Crippen LogP contribution >= 0.6 is 0 Å². The first-order chi connectivity index (χ1) is 15.6. The van der Waals surface area contributed by atoms with Crippen molar-refractivity contribution in [2.24, 2.45) is 5.73 Å². The molecule has 0 bridgehead atoms. The third-order valence-corrected chi connectivity index (χ3v) is 5.72. The number of carbonyl (C=O) groups is 1. The summed E-state index contributed by atoms with van der Waals surface area (Å²) in [6, 6.07) is 6.60. The van der Waals surface area contributed by atoms with Gasteiger partial charge < -0.3 is 16.2 Å². The summed E-state index contributed by atoms with van der Waals surface area (Å²) in [6.07, 6.45) is 0.876. The van der Waals surface area contributed by atoms with Crippen LogP contribution in [0.5, 0.6) is 0 Å². The van der Waals surface area contributed by atoms with E-state index < -0.39 is 17.7 Å². The van der Waals surface area contributed by atoms with Crippen LogP contribution in [0.1, 0.15) is 67.9 Å². The van der Waals surface area contributed by atoms with E-state index in [4.69, 9.17) is 5.26 Å². The number of nitrogens with one attached hydrogen (secondary N) is 1. The van der Waals surface area contributed by atoms with Crippen molar-refractivity contribution in [3.8, 4) is 6.57 Å². The number of nitrogens with zero attached hydrogens (tertiary/aromatic N) is 3. The van der Waals surface area contributed by atoms with E-state index in [9.17, 15) is 23.1 Å². The van der Waals surface area contributed by atoms with Crippen molar-refractivity contribution in [2.45, 2.75) is 69.7 Å². The third-order valence-electron chi connectivity index (χ3n) is 5.72. The van der Waals surface area contributed by atoms with Crippen molar-refractivity contribution in [3.63, 3.8) is 0 Å². The highest BCUT2D eigenvalue weighted by molar-refractivity contribution is 5.83. The molecule has 1 aliphatic carbocycles. The lowest BCUT2D eigenvalue weighted by Crippen LogP contribution is -2.44.